The van der Waals surface area contributed by atoms with E-state index >= 15 is 0 Å². The molecule has 1 aliphatic rings. The lowest BCUT2D eigenvalue weighted by molar-refractivity contribution is 0.0440. The van der Waals surface area contributed by atoms with Gasteiger partial charge in [0, 0.05) is 10.2 Å². The Morgan fingerprint density at radius 1 is 1.25 bits per heavy atom. The fourth-order valence-electron chi connectivity index (χ4n) is 2.07. The Bertz CT molecular complexity index is 572. The van der Waals surface area contributed by atoms with Crippen LogP contribution >= 0.6 is 0 Å². The van der Waals surface area contributed by atoms with Crippen molar-refractivity contribution in [2.45, 2.75) is 45.3 Å². The van der Waals surface area contributed by atoms with Crippen molar-refractivity contribution in [2.24, 2.45) is 0 Å². The number of cyclic esters (lactones) is 2. The first-order chi connectivity index (χ1) is 9.24. The maximum absolute atomic E-state index is 11.9. The standard InChI is InChI=1S/C15H17O4Si/c1-5-10(20)8-6-7-9-11(14(17)18-13(9)16)12(8)19-15(2,3)4/h6-7,10H,5H2,1-4H3. The van der Waals surface area contributed by atoms with Gasteiger partial charge in [0.15, 0.2) is 0 Å². The van der Waals surface area contributed by atoms with E-state index in [0.717, 1.165) is 12.0 Å². The highest BCUT2D eigenvalue weighted by Gasteiger charge is 2.36. The van der Waals surface area contributed by atoms with E-state index in [2.05, 4.69) is 15.0 Å². The summed E-state index contributed by atoms with van der Waals surface area (Å²) in [6, 6.07) is 3.43. The van der Waals surface area contributed by atoms with E-state index < -0.39 is 17.5 Å². The zero-order chi connectivity index (χ0) is 15.1. The zero-order valence-electron chi connectivity index (χ0n) is 12.1. The van der Waals surface area contributed by atoms with Crippen LogP contribution in [-0.4, -0.2) is 27.8 Å². The summed E-state index contributed by atoms with van der Waals surface area (Å²) in [4.78, 5) is 23.5. The molecule has 5 heteroatoms. The minimum atomic E-state index is -0.638. The molecule has 0 N–H and O–H groups in total. The van der Waals surface area contributed by atoms with Crippen LogP contribution in [0.4, 0.5) is 0 Å². The molecule has 4 nitrogen and oxygen atoms in total. The first-order valence-corrected chi connectivity index (χ1v) is 7.16. The van der Waals surface area contributed by atoms with Crippen LogP contribution in [0.25, 0.3) is 0 Å². The van der Waals surface area contributed by atoms with Crippen molar-refractivity contribution in [3.05, 3.63) is 28.8 Å². The molecule has 105 valence electrons. The summed E-state index contributed by atoms with van der Waals surface area (Å²) in [5, 5.41) is 0. The Morgan fingerprint density at radius 3 is 2.45 bits per heavy atom. The van der Waals surface area contributed by atoms with Crippen LogP contribution in [0.1, 0.15) is 65.9 Å². The first-order valence-electron chi connectivity index (χ1n) is 6.58. The number of hydrogen-bond donors (Lipinski definition) is 0. The number of esters is 2. The lowest BCUT2D eigenvalue weighted by Crippen LogP contribution is -2.25. The predicted octanol–water partition coefficient (Wildman–Crippen LogP) is 2.79. The smallest absolute Gasteiger partial charge is 0.350 e. The van der Waals surface area contributed by atoms with Gasteiger partial charge in [-0.05, 0) is 37.9 Å². The Labute approximate surface area is 121 Å². The molecule has 1 aromatic rings. The third kappa shape index (κ3) is 2.63. The van der Waals surface area contributed by atoms with Gasteiger partial charge >= 0.3 is 11.9 Å². The lowest BCUT2D eigenvalue weighted by Gasteiger charge is -2.26. The highest BCUT2D eigenvalue weighted by Crippen LogP contribution is 2.38. The molecule has 0 bridgehead atoms. The fraction of sp³-hybridized carbons (Fsp3) is 0.467. The monoisotopic (exact) mass is 289 g/mol. The molecule has 0 amide bonds. The van der Waals surface area contributed by atoms with Gasteiger partial charge in [-0.2, -0.15) is 0 Å². The molecule has 0 saturated heterocycles. The number of rotatable bonds is 3. The molecule has 1 atom stereocenters. The molecule has 1 aromatic carbocycles. The van der Waals surface area contributed by atoms with Crippen LogP contribution in [0, 0.1) is 0 Å². The SMILES string of the molecule is CCC([Si])c1ccc2c(c1OC(C)(C)C)C(=O)OC2=O. The van der Waals surface area contributed by atoms with Crippen LogP contribution in [-0.2, 0) is 4.74 Å². The van der Waals surface area contributed by atoms with E-state index in [1.54, 1.807) is 12.1 Å². The van der Waals surface area contributed by atoms with Crippen LogP contribution in [0.3, 0.4) is 0 Å². The van der Waals surface area contributed by atoms with E-state index in [9.17, 15) is 9.59 Å². The van der Waals surface area contributed by atoms with Gasteiger partial charge in [0.1, 0.15) is 16.9 Å². The molecule has 1 unspecified atom stereocenters. The second kappa shape index (κ2) is 5.05. The molecule has 3 radical (unpaired) electrons. The van der Waals surface area contributed by atoms with Gasteiger partial charge < -0.3 is 9.47 Å². The van der Waals surface area contributed by atoms with Crippen LogP contribution < -0.4 is 4.74 Å². The number of carbonyl (C=O) groups is 2. The number of carbonyl (C=O) groups excluding carboxylic acids is 2. The van der Waals surface area contributed by atoms with Crippen molar-refractivity contribution in [2.75, 3.05) is 0 Å². The summed E-state index contributed by atoms with van der Waals surface area (Å²) in [5.41, 5.74) is 0.924. The minimum absolute atomic E-state index is 0.0427. The highest BCUT2D eigenvalue weighted by molar-refractivity contribution is 6.17. The average Bonchev–Trinajstić information content (AvgIpc) is 2.63. The van der Waals surface area contributed by atoms with Gasteiger partial charge in [-0.3, -0.25) is 0 Å². The molecular formula is C15H17O4Si. The Kier molecular flexibility index (Phi) is 3.73. The molecule has 0 fully saturated rings. The van der Waals surface area contributed by atoms with Gasteiger partial charge in [-0.1, -0.05) is 19.4 Å². The molecule has 0 aliphatic carbocycles. The lowest BCUT2D eigenvalue weighted by atomic mass is 9.99. The fourth-order valence-corrected chi connectivity index (χ4v) is 2.30. The maximum Gasteiger partial charge on any atom is 0.350 e. The van der Waals surface area contributed by atoms with Crippen molar-refractivity contribution in [1.82, 2.24) is 0 Å². The number of benzene rings is 1. The molecule has 2 rings (SSSR count). The number of ether oxygens (including phenoxy) is 2. The molecule has 0 saturated carbocycles. The van der Waals surface area contributed by atoms with Crippen LogP contribution in [0.5, 0.6) is 5.75 Å². The zero-order valence-corrected chi connectivity index (χ0v) is 13.1. The highest BCUT2D eigenvalue weighted by atomic mass is 28.1. The van der Waals surface area contributed by atoms with Gasteiger partial charge in [-0.15, -0.1) is 0 Å². The van der Waals surface area contributed by atoms with E-state index in [0.29, 0.717) is 5.75 Å². The van der Waals surface area contributed by atoms with Crippen molar-refractivity contribution < 1.29 is 19.1 Å². The van der Waals surface area contributed by atoms with Crippen molar-refractivity contribution >= 4 is 22.2 Å². The Hall–Kier alpha value is -1.62. The van der Waals surface area contributed by atoms with Crippen molar-refractivity contribution in [1.29, 1.82) is 0 Å². The normalized spacial score (nSPS) is 15.8. The molecule has 1 aliphatic heterocycles. The topological polar surface area (TPSA) is 52.6 Å². The molecule has 0 spiro atoms. The molecule has 0 aromatic heterocycles. The summed E-state index contributed by atoms with van der Waals surface area (Å²) in [5.74, 6) is -0.814. The second-order valence-corrected chi connectivity index (χ2v) is 6.46. The van der Waals surface area contributed by atoms with E-state index in [4.69, 9.17) is 4.74 Å². The summed E-state index contributed by atoms with van der Waals surface area (Å²) in [6.45, 7) is 7.71. The van der Waals surface area contributed by atoms with Gasteiger partial charge in [-0.25, -0.2) is 9.59 Å². The molecular weight excluding hydrogens is 272 g/mol. The summed E-state index contributed by atoms with van der Waals surface area (Å²) < 4.78 is 10.6. The second-order valence-electron chi connectivity index (χ2n) is 5.76. The Balaban J connectivity index is 2.64. The van der Waals surface area contributed by atoms with E-state index in [1.807, 2.05) is 27.7 Å². The number of hydrogen-bond acceptors (Lipinski definition) is 4. The van der Waals surface area contributed by atoms with E-state index in [1.165, 1.54) is 0 Å². The molecule has 1 heterocycles. The first kappa shape index (κ1) is 14.8. The third-order valence-corrected chi connectivity index (χ3v) is 3.71. The van der Waals surface area contributed by atoms with E-state index in [-0.39, 0.29) is 16.7 Å². The number of fused-ring (bicyclic) bond motifs is 1. The summed E-state index contributed by atoms with van der Waals surface area (Å²) in [7, 11) is 3.63. The minimum Gasteiger partial charge on any atom is -0.487 e. The quantitative estimate of drug-likeness (QED) is 0.488. The summed E-state index contributed by atoms with van der Waals surface area (Å²) >= 11 is 0. The third-order valence-electron chi connectivity index (χ3n) is 2.99. The Morgan fingerprint density at radius 2 is 1.90 bits per heavy atom. The van der Waals surface area contributed by atoms with Crippen LogP contribution in [0.15, 0.2) is 12.1 Å². The molecule has 20 heavy (non-hydrogen) atoms. The average molecular weight is 289 g/mol. The maximum atomic E-state index is 11.9. The van der Waals surface area contributed by atoms with Crippen molar-refractivity contribution in [3.63, 3.8) is 0 Å². The van der Waals surface area contributed by atoms with Gasteiger partial charge in [0.25, 0.3) is 0 Å². The van der Waals surface area contributed by atoms with Gasteiger partial charge in [0.2, 0.25) is 0 Å². The van der Waals surface area contributed by atoms with Gasteiger partial charge in [0.05, 0.1) is 5.56 Å². The summed E-state index contributed by atoms with van der Waals surface area (Å²) in [6.07, 6.45) is 0.833. The van der Waals surface area contributed by atoms with Crippen molar-refractivity contribution in [3.8, 4) is 5.75 Å². The largest absolute Gasteiger partial charge is 0.487 e. The van der Waals surface area contributed by atoms with Crippen LogP contribution in [0.2, 0.25) is 0 Å². The predicted molar refractivity (Wildman–Crippen MR) is 75.4 cm³/mol.